The first-order valence-corrected chi connectivity index (χ1v) is 8.94. The molecule has 3 aromatic carbocycles. The molecule has 0 aliphatic heterocycles. The Morgan fingerprint density at radius 2 is 1.48 bits per heavy atom. The number of amides is 1. The van der Waals surface area contributed by atoms with Gasteiger partial charge in [0.25, 0.3) is 5.91 Å². The Morgan fingerprint density at radius 1 is 0.862 bits per heavy atom. The number of ether oxygens (including phenoxy) is 1. The molecule has 0 aliphatic carbocycles. The number of rotatable bonds is 7. The Bertz CT molecular complexity index is 1000. The number of hydrogen-bond acceptors (Lipinski definition) is 3. The smallest absolute Gasteiger partial charge is 0.260 e. The van der Waals surface area contributed by atoms with E-state index in [-0.39, 0.29) is 30.7 Å². The van der Waals surface area contributed by atoms with Crippen molar-refractivity contribution in [2.45, 2.75) is 6.54 Å². The Morgan fingerprint density at radius 3 is 2.10 bits per heavy atom. The number of carbonyl (C=O) groups excluding carboxylic acids is 2. The first-order valence-electron chi connectivity index (χ1n) is 8.94. The fourth-order valence-electron chi connectivity index (χ4n) is 2.72. The van der Waals surface area contributed by atoms with Gasteiger partial charge in [0, 0.05) is 24.7 Å². The van der Waals surface area contributed by atoms with Gasteiger partial charge in [-0.2, -0.15) is 0 Å². The monoisotopic (exact) mass is 395 g/mol. The molecule has 0 radical (unpaired) electrons. The second kappa shape index (κ2) is 9.10. The molecule has 0 atom stereocenters. The number of benzene rings is 3. The van der Waals surface area contributed by atoms with Crippen LogP contribution in [0.3, 0.4) is 0 Å². The van der Waals surface area contributed by atoms with Gasteiger partial charge in [0.15, 0.2) is 12.4 Å². The molecule has 0 unspecified atom stereocenters. The molecule has 0 saturated heterocycles. The molecular weight excluding hydrogens is 376 g/mol. The largest absolute Gasteiger partial charge is 0.484 e. The summed E-state index contributed by atoms with van der Waals surface area (Å²) < 4.78 is 31.7. The van der Waals surface area contributed by atoms with Gasteiger partial charge in [-0.05, 0) is 66.2 Å². The molecule has 0 saturated carbocycles. The third-order valence-electron chi connectivity index (χ3n) is 4.32. The SMILES string of the molecule is CN(Cc1cccc(F)c1)C(=O)COc1ccc(C(=O)c2ccc(F)cc2)cc1. The molecule has 148 valence electrons. The van der Waals surface area contributed by atoms with E-state index in [1.807, 2.05) is 0 Å². The molecule has 0 bridgehead atoms. The van der Waals surface area contributed by atoms with E-state index in [1.54, 1.807) is 43.4 Å². The molecular formula is C23H19F2NO3. The highest BCUT2D eigenvalue weighted by atomic mass is 19.1. The summed E-state index contributed by atoms with van der Waals surface area (Å²) in [5.41, 5.74) is 1.50. The summed E-state index contributed by atoms with van der Waals surface area (Å²) in [7, 11) is 1.61. The molecule has 3 rings (SSSR count). The molecule has 0 aliphatic rings. The quantitative estimate of drug-likeness (QED) is 0.563. The number of nitrogens with zero attached hydrogens (tertiary/aromatic N) is 1. The van der Waals surface area contributed by atoms with Crippen LogP contribution in [-0.4, -0.2) is 30.2 Å². The lowest BCUT2D eigenvalue weighted by Gasteiger charge is -2.17. The number of halogens is 2. The van der Waals surface area contributed by atoms with Crippen LogP contribution < -0.4 is 4.74 Å². The van der Waals surface area contributed by atoms with Gasteiger partial charge < -0.3 is 9.64 Å². The Balaban J connectivity index is 1.54. The highest BCUT2D eigenvalue weighted by Gasteiger charge is 2.12. The van der Waals surface area contributed by atoms with E-state index in [0.29, 0.717) is 22.4 Å². The average molecular weight is 395 g/mol. The van der Waals surface area contributed by atoms with Crippen LogP contribution in [0.2, 0.25) is 0 Å². The van der Waals surface area contributed by atoms with Crippen LogP contribution >= 0.6 is 0 Å². The van der Waals surface area contributed by atoms with Crippen molar-refractivity contribution in [2.75, 3.05) is 13.7 Å². The van der Waals surface area contributed by atoms with E-state index in [9.17, 15) is 18.4 Å². The summed E-state index contributed by atoms with van der Waals surface area (Å²) in [5, 5.41) is 0. The number of ketones is 1. The van der Waals surface area contributed by atoms with Gasteiger partial charge in [0.1, 0.15) is 17.4 Å². The predicted octanol–water partition coefficient (Wildman–Crippen LogP) is 4.23. The van der Waals surface area contributed by atoms with Crippen molar-refractivity contribution in [3.8, 4) is 5.75 Å². The lowest BCUT2D eigenvalue weighted by Crippen LogP contribution is -2.31. The molecule has 0 aromatic heterocycles. The lowest BCUT2D eigenvalue weighted by molar-refractivity contribution is -0.132. The van der Waals surface area contributed by atoms with E-state index < -0.39 is 5.82 Å². The first-order chi connectivity index (χ1) is 13.9. The zero-order chi connectivity index (χ0) is 20.8. The maximum Gasteiger partial charge on any atom is 0.260 e. The minimum absolute atomic E-state index is 0.183. The maximum absolute atomic E-state index is 13.2. The molecule has 0 heterocycles. The van der Waals surface area contributed by atoms with Crippen molar-refractivity contribution in [1.82, 2.24) is 4.90 Å². The minimum atomic E-state index is -0.405. The van der Waals surface area contributed by atoms with Crippen molar-refractivity contribution in [2.24, 2.45) is 0 Å². The molecule has 0 N–H and O–H groups in total. The van der Waals surface area contributed by atoms with Crippen LogP contribution in [0.1, 0.15) is 21.5 Å². The summed E-state index contributed by atoms with van der Waals surface area (Å²) in [6.07, 6.45) is 0. The second-order valence-electron chi connectivity index (χ2n) is 6.53. The van der Waals surface area contributed by atoms with Crippen molar-refractivity contribution in [3.05, 3.63) is 101 Å². The highest BCUT2D eigenvalue weighted by Crippen LogP contribution is 2.16. The van der Waals surface area contributed by atoms with Gasteiger partial charge >= 0.3 is 0 Å². The predicted molar refractivity (Wildman–Crippen MR) is 105 cm³/mol. The van der Waals surface area contributed by atoms with Crippen LogP contribution in [0, 0.1) is 11.6 Å². The van der Waals surface area contributed by atoms with Crippen LogP contribution in [0.25, 0.3) is 0 Å². The second-order valence-corrected chi connectivity index (χ2v) is 6.53. The molecule has 6 heteroatoms. The highest BCUT2D eigenvalue weighted by molar-refractivity contribution is 6.09. The molecule has 4 nitrogen and oxygen atoms in total. The Kier molecular flexibility index (Phi) is 6.34. The lowest BCUT2D eigenvalue weighted by atomic mass is 10.0. The van der Waals surface area contributed by atoms with Crippen LogP contribution in [0.4, 0.5) is 8.78 Å². The van der Waals surface area contributed by atoms with Crippen molar-refractivity contribution >= 4 is 11.7 Å². The zero-order valence-electron chi connectivity index (χ0n) is 15.8. The third-order valence-corrected chi connectivity index (χ3v) is 4.32. The van der Waals surface area contributed by atoms with Gasteiger partial charge in [-0.3, -0.25) is 9.59 Å². The number of likely N-dealkylation sites (N-methyl/N-ethyl adjacent to an activating group) is 1. The fraction of sp³-hybridized carbons (Fsp3) is 0.130. The Labute approximate surface area is 167 Å². The summed E-state index contributed by atoms with van der Waals surface area (Å²) >= 11 is 0. The molecule has 0 fully saturated rings. The zero-order valence-corrected chi connectivity index (χ0v) is 15.8. The van der Waals surface area contributed by atoms with E-state index in [2.05, 4.69) is 0 Å². The van der Waals surface area contributed by atoms with Crippen LogP contribution in [-0.2, 0) is 11.3 Å². The van der Waals surface area contributed by atoms with Gasteiger partial charge in [-0.1, -0.05) is 12.1 Å². The summed E-state index contributed by atoms with van der Waals surface area (Å²) in [4.78, 5) is 26.0. The van der Waals surface area contributed by atoms with Gasteiger partial charge in [-0.15, -0.1) is 0 Å². The summed E-state index contributed by atoms with van der Waals surface area (Å²) in [6.45, 7) is 0.0855. The van der Waals surface area contributed by atoms with Gasteiger partial charge in [0.2, 0.25) is 0 Å². The van der Waals surface area contributed by atoms with Gasteiger partial charge in [-0.25, -0.2) is 8.78 Å². The van der Waals surface area contributed by atoms with Crippen molar-refractivity contribution in [3.63, 3.8) is 0 Å². The van der Waals surface area contributed by atoms with E-state index in [0.717, 1.165) is 0 Å². The maximum atomic E-state index is 13.2. The third kappa shape index (κ3) is 5.48. The minimum Gasteiger partial charge on any atom is -0.484 e. The molecule has 1 amide bonds. The van der Waals surface area contributed by atoms with Gasteiger partial charge in [0.05, 0.1) is 0 Å². The molecule has 0 spiro atoms. The van der Waals surface area contributed by atoms with Crippen LogP contribution in [0.15, 0.2) is 72.8 Å². The van der Waals surface area contributed by atoms with E-state index >= 15 is 0 Å². The van der Waals surface area contributed by atoms with E-state index in [1.165, 1.54) is 41.3 Å². The van der Waals surface area contributed by atoms with Crippen molar-refractivity contribution < 1.29 is 23.1 Å². The number of carbonyl (C=O) groups is 2. The first kappa shape index (κ1) is 20.2. The molecule has 3 aromatic rings. The topological polar surface area (TPSA) is 46.6 Å². The standard InChI is InChI=1S/C23H19F2NO3/c1-26(14-16-3-2-4-20(25)13-16)22(27)15-29-21-11-7-18(8-12-21)23(28)17-5-9-19(24)10-6-17/h2-13H,14-15H2,1H3. The average Bonchev–Trinajstić information content (AvgIpc) is 2.72. The van der Waals surface area contributed by atoms with Crippen molar-refractivity contribution in [1.29, 1.82) is 0 Å². The number of hydrogen-bond donors (Lipinski definition) is 0. The normalized spacial score (nSPS) is 10.4. The van der Waals surface area contributed by atoms with E-state index in [4.69, 9.17) is 4.74 Å². The van der Waals surface area contributed by atoms with Crippen LogP contribution in [0.5, 0.6) is 5.75 Å². The Hall–Kier alpha value is -3.54. The summed E-state index contributed by atoms with van der Waals surface area (Å²) in [6, 6.07) is 17.7. The molecule has 29 heavy (non-hydrogen) atoms. The fourth-order valence-corrected chi connectivity index (χ4v) is 2.72. The summed E-state index contributed by atoms with van der Waals surface area (Å²) in [5.74, 6) is -0.816.